The van der Waals surface area contributed by atoms with Gasteiger partial charge >= 0.3 is 5.97 Å². The third kappa shape index (κ3) is 4.19. The van der Waals surface area contributed by atoms with Crippen LogP contribution in [0.2, 0.25) is 0 Å². The number of hydrogen-bond acceptors (Lipinski definition) is 4. The lowest BCUT2D eigenvalue weighted by Crippen LogP contribution is -2.24. The van der Waals surface area contributed by atoms with Crippen LogP contribution in [0, 0.1) is 0 Å². The monoisotopic (exact) mass is 256 g/mol. The van der Waals surface area contributed by atoms with Crippen LogP contribution in [0.25, 0.3) is 0 Å². The molecule has 1 aromatic rings. The lowest BCUT2D eigenvalue weighted by Gasteiger charge is -2.19. The molecule has 0 heterocycles. The van der Waals surface area contributed by atoms with Crippen molar-refractivity contribution in [2.24, 2.45) is 0 Å². The van der Waals surface area contributed by atoms with Crippen molar-refractivity contribution >= 4 is 15.8 Å². The van der Waals surface area contributed by atoms with Crippen LogP contribution in [-0.2, 0) is 14.6 Å². The number of esters is 1. The van der Waals surface area contributed by atoms with Gasteiger partial charge < -0.3 is 4.74 Å². The standard InChI is InChI=1S/C12H16O4S/c1-12(2,3)16-11(13)9-6-5-7-10(8-9)17(4,14)15/h5-8H,1-4H3. The second-order valence-electron chi connectivity index (χ2n) is 4.80. The zero-order valence-corrected chi connectivity index (χ0v) is 11.2. The molecular formula is C12H16O4S. The van der Waals surface area contributed by atoms with E-state index in [-0.39, 0.29) is 10.5 Å². The summed E-state index contributed by atoms with van der Waals surface area (Å²) in [5, 5.41) is 0. The molecule has 0 bridgehead atoms. The Kier molecular flexibility index (Phi) is 3.62. The Labute approximate surface area is 102 Å². The number of carbonyl (C=O) groups is 1. The first-order valence-corrected chi connectivity index (χ1v) is 7.02. The van der Waals surface area contributed by atoms with E-state index in [1.54, 1.807) is 20.8 Å². The molecule has 0 N–H and O–H groups in total. The molecule has 0 spiro atoms. The summed E-state index contributed by atoms with van der Waals surface area (Å²) in [5.41, 5.74) is -0.360. The van der Waals surface area contributed by atoms with Crippen LogP contribution in [0.3, 0.4) is 0 Å². The molecule has 0 saturated carbocycles. The lowest BCUT2D eigenvalue weighted by atomic mass is 10.2. The largest absolute Gasteiger partial charge is 0.456 e. The van der Waals surface area contributed by atoms with Crippen LogP contribution in [0.4, 0.5) is 0 Å². The Balaban J connectivity index is 3.05. The summed E-state index contributed by atoms with van der Waals surface area (Å²) in [5.74, 6) is -0.525. The quantitative estimate of drug-likeness (QED) is 0.760. The van der Waals surface area contributed by atoms with Crippen LogP contribution in [0.1, 0.15) is 31.1 Å². The molecule has 4 nitrogen and oxygen atoms in total. The van der Waals surface area contributed by atoms with Gasteiger partial charge in [-0.2, -0.15) is 0 Å². The summed E-state index contributed by atoms with van der Waals surface area (Å²) in [6, 6.07) is 5.82. The fraction of sp³-hybridized carbons (Fsp3) is 0.417. The molecule has 0 radical (unpaired) electrons. The van der Waals surface area contributed by atoms with Crippen LogP contribution in [0.15, 0.2) is 29.2 Å². The van der Waals surface area contributed by atoms with Gasteiger partial charge in [-0.25, -0.2) is 13.2 Å². The minimum Gasteiger partial charge on any atom is -0.456 e. The number of rotatable bonds is 2. The van der Waals surface area contributed by atoms with Crippen LogP contribution in [-0.4, -0.2) is 26.2 Å². The normalized spacial score (nSPS) is 12.2. The second-order valence-corrected chi connectivity index (χ2v) is 6.82. The minimum absolute atomic E-state index is 0.112. The zero-order valence-electron chi connectivity index (χ0n) is 10.4. The lowest BCUT2D eigenvalue weighted by molar-refractivity contribution is 0.00693. The van der Waals surface area contributed by atoms with E-state index in [1.165, 1.54) is 24.3 Å². The Morgan fingerprint density at radius 1 is 1.24 bits per heavy atom. The van der Waals surface area contributed by atoms with Crippen molar-refractivity contribution in [2.75, 3.05) is 6.26 Å². The van der Waals surface area contributed by atoms with E-state index in [0.717, 1.165) is 6.26 Å². The first kappa shape index (κ1) is 13.7. The van der Waals surface area contributed by atoms with Gasteiger partial charge in [0.1, 0.15) is 5.60 Å². The van der Waals surface area contributed by atoms with Gasteiger partial charge in [-0.05, 0) is 39.0 Å². The summed E-state index contributed by atoms with van der Waals surface area (Å²) in [4.78, 5) is 11.8. The van der Waals surface area contributed by atoms with Gasteiger partial charge in [0, 0.05) is 6.26 Å². The molecule has 0 aromatic heterocycles. The molecule has 0 fully saturated rings. The van der Waals surface area contributed by atoms with Crippen molar-refractivity contribution in [3.8, 4) is 0 Å². The van der Waals surface area contributed by atoms with Gasteiger partial charge in [0.15, 0.2) is 9.84 Å². The topological polar surface area (TPSA) is 60.4 Å². The second kappa shape index (κ2) is 4.49. The molecule has 94 valence electrons. The van der Waals surface area contributed by atoms with E-state index < -0.39 is 21.4 Å². The first-order valence-electron chi connectivity index (χ1n) is 5.13. The van der Waals surface area contributed by atoms with Gasteiger partial charge in [0.25, 0.3) is 0 Å². The zero-order chi connectivity index (χ0) is 13.3. The maximum atomic E-state index is 11.7. The Bertz CT molecular complexity index is 524. The highest BCUT2D eigenvalue weighted by Crippen LogP contribution is 2.15. The Morgan fingerprint density at radius 2 is 1.82 bits per heavy atom. The van der Waals surface area contributed by atoms with Gasteiger partial charge in [0.05, 0.1) is 10.5 Å². The van der Waals surface area contributed by atoms with E-state index in [1.807, 2.05) is 0 Å². The molecule has 0 unspecified atom stereocenters. The van der Waals surface area contributed by atoms with Gasteiger partial charge in [0.2, 0.25) is 0 Å². The first-order chi connectivity index (χ1) is 7.59. The predicted octanol–water partition coefficient (Wildman–Crippen LogP) is 2.05. The summed E-state index contributed by atoms with van der Waals surface area (Å²) in [6.07, 6.45) is 1.10. The molecule has 1 aromatic carbocycles. The van der Waals surface area contributed by atoms with E-state index in [4.69, 9.17) is 4.74 Å². The number of sulfone groups is 1. The number of benzene rings is 1. The van der Waals surface area contributed by atoms with Crippen molar-refractivity contribution in [2.45, 2.75) is 31.3 Å². The highest BCUT2D eigenvalue weighted by atomic mass is 32.2. The summed E-state index contributed by atoms with van der Waals surface area (Å²) < 4.78 is 27.8. The van der Waals surface area contributed by atoms with Crippen molar-refractivity contribution in [1.82, 2.24) is 0 Å². The van der Waals surface area contributed by atoms with Crippen molar-refractivity contribution < 1.29 is 17.9 Å². The molecule has 0 amide bonds. The van der Waals surface area contributed by atoms with Crippen LogP contribution >= 0.6 is 0 Å². The highest BCUT2D eigenvalue weighted by Gasteiger charge is 2.19. The molecule has 0 atom stereocenters. The molecule has 0 aliphatic heterocycles. The average molecular weight is 256 g/mol. The fourth-order valence-electron chi connectivity index (χ4n) is 1.19. The molecular weight excluding hydrogens is 240 g/mol. The van der Waals surface area contributed by atoms with Gasteiger partial charge in [-0.15, -0.1) is 0 Å². The van der Waals surface area contributed by atoms with Crippen molar-refractivity contribution in [3.63, 3.8) is 0 Å². The number of hydrogen-bond donors (Lipinski definition) is 0. The van der Waals surface area contributed by atoms with Crippen molar-refractivity contribution in [1.29, 1.82) is 0 Å². The SMILES string of the molecule is CC(C)(C)OC(=O)c1cccc(S(C)(=O)=O)c1. The van der Waals surface area contributed by atoms with E-state index >= 15 is 0 Å². The van der Waals surface area contributed by atoms with Crippen molar-refractivity contribution in [3.05, 3.63) is 29.8 Å². The van der Waals surface area contributed by atoms with Gasteiger partial charge in [-0.1, -0.05) is 6.07 Å². The smallest absolute Gasteiger partial charge is 0.338 e. The average Bonchev–Trinajstić information content (AvgIpc) is 2.14. The van der Waals surface area contributed by atoms with E-state index in [2.05, 4.69) is 0 Å². The Morgan fingerprint density at radius 3 is 2.29 bits per heavy atom. The molecule has 0 saturated heterocycles. The molecule has 0 aliphatic carbocycles. The van der Waals surface area contributed by atoms with E-state index in [9.17, 15) is 13.2 Å². The van der Waals surface area contributed by atoms with E-state index in [0.29, 0.717) is 0 Å². The molecule has 0 aliphatic rings. The molecule has 17 heavy (non-hydrogen) atoms. The maximum Gasteiger partial charge on any atom is 0.338 e. The predicted molar refractivity (Wildman–Crippen MR) is 64.7 cm³/mol. The molecule has 5 heteroatoms. The maximum absolute atomic E-state index is 11.7. The third-order valence-electron chi connectivity index (χ3n) is 1.90. The van der Waals surface area contributed by atoms with Gasteiger partial charge in [-0.3, -0.25) is 0 Å². The molecule has 1 rings (SSSR count). The van der Waals surface area contributed by atoms with Crippen LogP contribution < -0.4 is 0 Å². The number of ether oxygens (including phenoxy) is 1. The Hall–Kier alpha value is -1.36. The minimum atomic E-state index is -3.31. The number of carbonyl (C=O) groups excluding carboxylic acids is 1. The van der Waals surface area contributed by atoms with Crippen LogP contribution in [0.5, 0.6) is 0 Å². The highest BCUT2D eigenvalue weighted by molar-refractivity contribution is 7.90. The fourth-order valence-corrected chi connectivity index (χ4v) is 1.86. The summed E-state index contributed by atoms with van der Waals surface area (Å²) in [7, 11) is -3.31. The third-order valence-corrected chi connectivity index (χ3v) is 3.01. The summed E-state index contributed by atoms with van der Waals surface area (Å²) in [6.45, 7) is 5.27. The summed E-state index contributed by atoms with van der Waals surface area (Å²) >= 11 is 0.